The van der Waals surface area contributed by atoms with Crippen molar-refractivity contribution in [1.82, 2.24) is 9.78 Å². The van der Waals surface area contributed by atoms with Gasteiger partial charge >= 0.3 is 0 Å². The molecule has 6 unspecified atom stereocenters. The topological polar surface area (TPSA) is 122 Å². The van der Waals surface area contributed by atoms with Gasteiger partial charge in [-0.15, -0.1) is 11.3 Å². The molecule has 0 bridgehead atoms. The first kappa shape index (κ1) is 36.6. The first-order valence-electron chi connectivity index (χ1n) is 18.3. The number of halogens is 2. The highest BCUT2D eigenvalue weighted by Gasteiger charge is 2.67. The van der Waals surface area contributed by atoms with Crippen molar-refractivity contribution >= 4 is 90.2 Å². The molecular weight excluding hydrogens is 816 g/mol. The van der Waals surface area contributed by atoms with Gasteiger partial charge in [0, 0.05) is 33.2 Å². The molecule has 1 N–H and O–H groups in total. The number of anilines is 2. The molecule has 0 radical (unpaired) electrons. The number of hydrogen-bond donors (Lipinski definition) is 1. The molecule has 1 saturated carbocycles. The van der Waals surface area contributed by atoms with Crippen LogP contribution in [0.3, 0.4) is 0 Å². The fraction of sp³-hybridized carbons (Fsp3) is 0.279. The lowest BCUT2D eigenvalue weighted by molar-refractivity contribution is -0.132. The molecule has 2 aromatic heterocycles. The highest BCUT2D eigenvalue weighted by atomic mass is 79.9. The zero-order valence-corrected chi connectivity index (χ0v) is 34.0. The molecule has 4 amide bonds. The molecule has 284 valence electrons. The summed E-state index contributed by atoms with van der Waals surface area (Å²) in [7, 11) is 3.20. The van der Waals surface area contributed by atoms with Gasteiger partial charge in [0.15, 0.2) is 11.5 Å². The largest absolute Gasteiger partial charge is 0.504 e. The first-order chi connectivity index (χ1) is 26.8. The van der Waals surface area contributed by atoms with E-state index in [-0.39, 0.29) is 35.8 Å². The Bertz CT molecular complexity index is 2600. The predicted molar refractivity (Wildman–Crippen MR) is 219 cm³/mol. The number of aryl methyl sites for hydroxylation is 2. The lowest BCUT2D eigenvalue weighted by atomic mass is 9.52. The van der Waals surface area contributed by atoms with Crippen LogP contribution in [0.2, 0.25) is 5.02 Å². The Kier molecular flexibility index (Phi) is 8.68. The molecule has 9 rings (SSSR count). The van der Waals surface area contributed by atoms with Crippen LogP contribution < -0.4 is 14.5 Å². The van der Waals surface area contributed by atoms with Gasteiger partial charge in [-0.25, -0.2) is 4.90 Å². The molecule has 2 aliphatic heterocycles. The molecular formula is C43H36BrClN4O6S. The maximum atomic E-state index is 15.1. The number of nitrogens with zero attached hydrogens (tertiary/aromatic N) is 4. The third-order valence-corrected chi connectivity index (χ3v) is 14.4. The number of carbonyl (C=O) groups is 4. The number of carbonyl (C=O) groups excluding carboxylic acids is 4. The predicted octanol–water partition coefficient (Wildman–Crippen LogP) is 8.72. The van der Waals surface area contributed by atoms with E-state index in [1.54, 1.807) is 65.5 Å². The van der Waals surface area contributed by atoms with Crippen molar-refractivity contribution in [3.63, 3.8) is 0 Å². The van der Waals surface area contributed by atoms with Gasteiger partial charge in [-0.2, -0.15) is 5.10 Å². The number of aromatic hydroxyl groups is 1. The van der Waals surface area contributed by atoms with Crippen LogP contribution in [0.15, 0.2) is 88.9 Å². The average Bonchev–Trinajstić information content (AvgIpc) is 3.85. The number of ether oxygens (including phenoxy) is 1. The first-order valence-corrected chi connectivity index (χ1v) is 20.3. The molecule has 3 fully saturated rings. The fourth-order valence-electron chi connectivity index (χ4n) is 9.50. The van der Waals surface area contributed by atoms with Crippen LogP contribution in [0.4, 0.5) is 11.5 Å². The number of aromatic nitrogens is 2. The van der Waals surface area contributed by atoms with E-state index in [0.29, 0.717) is 34.4 Å². The lowest BCUT2D eigenvalue weighted by Gasteiger charge is -2.47. The number of imide groups is 2. The van der Waals surface area contributed by atoms with E-state index in [1.165, 1.54) is 23.0 Å². The van der Waals surface area contributed by atoms with Crippen LogP contribution in [0, 0.1) is 41.9 Å². The number of phenolic OH excluding ortho intramolecular Hbond substituents is 1. The van der Waals surface area contributed by atoms with E-state index >= 15 is 4.79 Å². The molecule has 0 spiro atoms. The van der Waals surface area contributed by atoms with Crippen LogP contribution >= 0.6 is 38.9 Å². The van der Waals surface area contributed by atoms with Gasteiger partial charge in [0.05, 0.1) is 40.8 Å². The van der Waals surface area contributed by atoms with Crippen molar-refractivity contribution in [1.29, 1.82) is 0 Å². The van der Waals surface area contributed by atoms with Gasteiger partial charge in [-0.05, 0) is 104 Å². The highest BCUT2D eigenvalue weighted by molar-refractivity contribution is 9.10. The van der Waals surface area contributed by atoms with Gasteiger partial charge in [0.25, 0.3) is 0 Å². The number of hydrogen-bond acceptors (Lipinski definition) is 8. The van der Waals surface area contributed by atoms with Crippen LogP contribution in [-0.4, -0.2) is 45.6 Å². The third kappa shape index (κ3) is 5.36. The number of phenols is 1. The minimum Gasteiger partial charge on any atom is -0.504 e. The van der Waals surface area contributed by atoms with Gasteiger partial charge in [-0.1, -0.05) is 57.4 Å². The number of amides is 4. The molecule has 2 aliphatic carbocycles. The summed E-state index contributed by atoms with van der Waals surface area (Å²) in [5.41, 5.74) is 2.51. The summed E-state index contributed by atoms with van der Waals surface area (Å²) in [4.78, 5) is 61.8. The van der Waals surface area contributed by atoms with E-state index < -0.39 is 35.0 Å². The van der Waals surface area contributed by atoms with Crippen molar-refractivity contribution in [2.24, 2.45) is 42.1 Å². The van der Waals surface area contributed by atoms with Crippen LogP contribution in [0.25, 0.3) is 26.7 Å². The Morgan fingerprint density at radius 2 is 1.75 bits per heavy atom. The summed E-state index contributed by atoms with van der Waals surface area (Å²) < 4.78 is 8.81. The third-order valence-electron chi connectivity index (χ3n) is 12.3. The van der Waals surface area contributed by atoms with E-state index in [9.17, 15) is 19.5 Å². The molecule has 4 aliphatic rings. The molecule has 2 saturated heterocycles. The zero-order chi connectivity index (χ0) is 39.4. The molecule has 5 aromatic rings. The number of methoxy groups -OCH3 is 1. The molecule has 10 nitrogen and oxygen atoms in total. The second-order valence-corrected chi connectivity index (χ2v) is 17.6. The monoisotopic (exact) mass is 850 g/mol. The summed E-state index contributed by atoms with van der Waals surface area (Å²) >= 11 is 11.3. The van der Waals surface area contributed by atoms with Crippen LogP contribution in [0.5, 0.6) is 11.5 Å². The van der Waals surface area contributed by atoms with Crippen molar-refractivity contribution in [3.05, 3.63) is 105 Å². The van der Waals surface area contributed by atoms with Gasteiger partial charge in [0.2, 0.25) is 23.6 Å². The van der Waals surface area contributed by atoms with E-state index in [4.69, 9.17) is 21.4 Å². The van der Waals surface area contributed by atoms with Gasteiger partial charge in [-0.3, -0.25) is 28.8 Å². The average molecular weight is 852 g/mol. The molecule has 6 atom stereocenters. The maximum Gasteiger partial charge on any atom is 0.242 e. The Morgan fingerprint density at radius 3 is 2.50 bits per heavy atom. The Morgan fingerprint density at radius 1 is 0.982 bits per heavy atom. The Labute approximate surface area is 340 Å². The van der Waals surface area contributed by atoms with Gasteiger partial charge in [0.1, 0.15) is 11.5 Å². The van der Waals surface area contributed by atoms with E-state index in [1.807, 2.05) is 50.3 Å². The standard InChI is InChI=1S/C43H36BrClN4O6S/c1-21-28-18-24(45)9-16-35(28)56-38(21)32-20-36(47(3)46-32)49-40(52)31-19-29-26(12-13-27-37(29)41(53)48(39(27)51)25-10-7-23(44)8-11-25)30(43(31,2)42(49)54)14-5-22-6-15-33(50)34(17-22)55-4/h5-12,14-18,20,27,29-31,37,50H,13,19H2,1-4H3. The smallest absolute Gasteiger partial charge is 0.242 e. The van der Waals surface area contributed by atoms with Gasteiger partial charge < -0.3 is 9.84 Å². The number of rotatable bonds is 6. The SMILES string of the molecule is COc1cc(C=CC2C3=CCC4C(=O)N(c5ccc(Br)cc5)C(=O)C4C3CC3C(=O)N(c4cc(-c5sc6ccc(Cl)cc6c5C)nn4C)C(=O)C23C)ccc1O. The van der Waals surface area contributed by atoms with Crippen molar-refractivity contribution in [3.8, 4) is 22.1 Å². The van der Waals surface area contributed by atoms with Crippen LogP contribution in [-0.2, 0) is 26.2 Å². The number of thiophene rings is 1. The summed E-state index contributed by atoms with van der Waals surface area (Å²) in [5, 5.41) is 16.7. The summed E-state index contributed by atoms with van der Waals surface area (Å²) in [5.74, 6) is -3.75. The van der Waals surface area contributed by atoms with Crippen LogP contribution in [0.1, 0.15) is 30.9 Å². The highest BCUT2D eigenvalue weighted by Crippen LogP contribution is 2.61. The molecule has 3 aromatic carbocycles. The summed E-state index contributed by atoms with van der Waals surface area (Å²) in [6.07, 6.45) is 6.38. The Hall–Kier alpha value is -5.04. The second kappa shape index (κ2) is 13.3. The second-order valence-electron chi connectivity index (χ2n) is 15.2. The maximum absolute atomic E-state index is 15.1. The number of allylic oxidation sites excluding steroid dienone is 3. The summed E-state index contributed by atoms with van der Waals surface area (Å²) in [6.45, 7) is 3.86. The quantitative estimate of drug-likeness (QED) is 0.134. The van der Waals surface area contributed by atoms with E-state index in [0.717, 1.165) is 36.1 Å². The minimum atomic E-state index is -1.23. The summed E-state index contributed by atoms with van der Waals surface area (Å²) in [6, 6.07) is 19.6. The number of benzene rings is 3. The van der Waals surface area contributed by atoms with Crippen molar-refractivity contribution in [2.45, 2.75) is 26.7 Å². The molecule has 4 heterocycles. The molecule has 56 heavy (non-hydrogen) atoms. The fourth-order valence-corrected chi connectivity index (χ4v) is 11.1. The minimum absolute atomic E-state index is 0.00688. The molecule has 13 heteroatoms. The van der Waals surface area contributed by atoms with Crippen molar-refractivity contribution < 1.29 is 29.0 Å². The number of fused-ring (bicyclic) bond motifs is 5. The lowest BCUT2D eigenvalue weighted by Crippen LogP contribution is -2.49. The van der Waals surface area contributed by atoms with E-state index in [2.05, 4.69) is 15.9 Å². The van der Waals surface area contributed by atoms with Crippen molar-refractivity contribution in [2.75, 3.05) is 16.9 Å². The Balaban J connectivity index is 1.13. The normalized spacial score (nSPS) is 26.0. The zero-order valence-electron chi connectivity index (χ0n) is 30.8.